The minimum absolute atomic E-state index is 0.0833. The van der Waals surface area contributed by atoms with Gasteiger partial charge >= 0.3 is 11.9 Å². The zero-order valence-electron chi connectivity index (χ0n) is 17.9. The molecule has 1 N–H and O–H groups in total. The summed E-state index contributed by atoms with van der Waals surface area (Å²) in [5.41, 5.74) is 0.155. The quantitative estimate of drug-likeness (QED) is 0.443. The van der Waals surface area contributed by atoms with Crippen LogP contribution in [0, 0.1) is 0 Å². The van der Waals surface area contributed by atoms with Gasteiger partial charge < -0.3 is 9.88 Å². The lowest BCUT2D eigenvalue weighted by atomic mass is 10.0. The van der Waals surface area contributed by atoms with Gasteiger partial charge in [0.1, 0.15) is 0 Å². The topological polar surface area (TPSA) is 71.0 Å². The number of carbonyl (C=O) groups is 1. The number of carbonyl (C=O) groups excluding carboxylic acids is 1. The number of imidazole rings is 1. The summed E-state index contributed by atoms with van der Waals surface area (Å²) < 4.78 is 41.9. The maximum Gasteiger partial charge on any atom is 0.418 e. The fourth-order valence-electron chi connectivity index (χ4n) is 4.69. The molecular formula is C24H20ClF3N4O2. The summed E-state index contributed by atoms with van der Waals surface area (Å²) in [4.78, 5) is 33.9. The molecule has 5 rings (SSSR count). The van der Waals surface area contributed by atoms with Crippen molar-refractivity contribution >= 4 is 39.4 Å². The molecule has 4 aromatic rings. The van der Waals surface area contributed by atoms with Crippen LogP contribution in [0.15, 0.2) is 53.5 Å². The van der Waals surface area contributed by atoms with Gasteiger partial charge in [-0.15, -0.1) is 0 Å². The van der Waals surface area contributed by atoms with Crippen molar-refractivity contribution in [2.45, 2.75) is 31.5 Å². The van der Waals surface area contributed by atoms with Crippen LogP contribution >= 0.6 is 11.6 Å². The van der Waals surface area contributed by atoms with Gasteiger partial charge in [0.2, 0.25) is 5.91 Å². The SMILES string of the molecule is O=C(Cc1ccc2nccc(Cl)c2c1)N1CCC(n2c(=O)[nH]c3cccc(C(F)(F)F)c32)CC1. The number of aromatic nitrogens is 3. The van der Waals surface area contributed by atoms with E-state index in [0.717, 1.165) is 22.5 Å². The van der Waals surface area contributed by atoms with Gasteiger partial charge in [0.25, 0.3) is 0 Å². The molecule has 2 aromatic carbocycles. The minimum atomic E-state index is -4.58. The van der Waals surface area contributed by atoms with E-state index in [0.29, 0.717) is 31.0 Å². The minimum Gasteiger partial charge on any atom is -0.342 e. The maximum atomic E-state index is 13.6. The van der Waals surface area contributed by atoms with Crippen LogP contribution in [0.2, 0.25) is 5.02 Å². The molecule has 0 unspecified atom stereocenters. The second-order valence-electron chi connectivity index (χ2n) is 8.43. The third kappa shape index (κ3) is 4.04. The number of piperidine rings is 1. The number of pyridine rings is 1. The molecule has 1 aliphatic rings. The number of likely N-dealkylation sites (tertiary alicyclic amines) is 1. The number of alkyl halides is 3. The molecule has 3 heterocycles. The molecule has 176 valence electrons. The van der Waals surface area contributed by atoms with Crippen LogP contribution in [-0.2, 0) is 17.4 Å². The molecule has 1 saturated heterocycles. The summed E-state index contributed by atoms with van der Waals surface area (Å²) in [6.45, 7) is 0.708. The molecule has 0 aliphatic carbocycles. The van der Waals surface area contributed by atoms with Crippen LogP contribution in [0.25, 0.3) is 21.9 Å². The number of nitrogens with one attached hydrogen (secondary N) is 1. The van der Waals surface area contributed by atoms with Gasteiger partial charge in [0, 0.05) is 30.7 Å². The number of hydrogen-bond acceptors (Lipinski definition) is 3. The van der Waals surface area contributed by atoms with Gasteiger partial charge in [-0.3, -0.25) is 14.3 Å². The average Bonchev–Trinajstić information content (AvgIpc) is 3.14. The lowest BCUT2D eigenvalue weighted by Crippen LogP contribution is -2.41. The zero-order valence-corrected chi connectivity index (χ0v) is 18.7. The predicted molar refractivity (Wildman–Crippen MR) is 123 cm³/mol. The number of nitrogens with zero attached hydrogens (tertiary/aromatic N) is 3. The second kappa shape index (κ2) is 8.47. The highest BCUT2D eigenvalue weighted by Gasteiger charge is 2.36. The highest BCUT2D eigenvalue weighted by atomic mass is 35.5. The molecule has 0 bridgehead atoms. The molecule has 2 aromatic heterocycles. The Morgan fingerprint density at radius 2 is 1.91 bits per heavy atom. The molecule has 10 heteroatoms. The molecule has 0 radical (unpaired) electrons. The van der Waals surface area contributed by atoms with E-state index in [1.165, 1.54) is 16.7 Å². The number of amides is 1. The standard InChI is InChI=1S/C24H20ClF3N4O2/c25-18-6-9-29-19-5-4-14(12-16(18)19)13-21(33)31-10-7-15(8-11-31)32-22-17(24(26,27)28)2-1-3-20(22)30-23(32)34/h1-6,9,12,15H,7-8,10-11,13H2,(H,30,34). The Balaban J connectivity index is 1.33. The molecule has 1 amide bonds. The Bertz CT molecular complexity index is 1450. The summed E-state index contributed by atoms with van der Waals surface area (Å²) in [6, 6.07) is 10.5. The second-order valence-corrected chi connectivity index (χ2v) is 8.84. The van der Waals surface area contributed by atoms with Gasteiger partial charge in [-0.05, 0) is 48.7 Å². The van der Waals surface area contributed by atoms with E-state index in [9.17, 15) is 22.8 Å². The molecule has 0 saturated carbocycles. The third-order valence-electron chi connectivity index (χ3n) is 6.33. The lowest BCUT2D eigenvalue weighted by molar-refractivity contribution is -0.136. The Kier molecular flexibility index (Phi) is 5.59. The number of para-hydroxylation sites is 1. The van der Waals surface area contributed by atoms with Gasteiger partial charge in [0.05, 0.1) is 33.6 Å². The summed E-state index contributed by atoms with van der Waals surface area (Å²) in [6.07, 6.45) is -2.01. The van der Waals surface area contributed by atoms with Crippen molar-refractivity contribution in [3.8, 4) is 0 Å². The first-order valence-electron chi connectivity index (χ1n) is 10.8. The van der Waals surface area contributed by atoms with Crippen LogP contribution in [0.3, 0.4) is 0 Å². The van der Waals surface area contributed by atoms with Crippen molar-refractivity contribution in [1.29, 1.82) is 0 Å². The summed E-state index contributed by atoms with van der Waals surface area (Å²) in [7, 11) is 0. The van der Waals surface area contributed by atoms with E-state index in [1.807, 2.05) is 18.2 Å². The van der Waals surface area contributed by atoms with Crippen molar-refractivity contribution in [2.24, 2.45) is 0 Å². The smallest absolute Gasteiger partial charge is 0.342 e. The first-order valence-corrected chi connectivity index (χ1v) is 11.2. The Labute approximate surface area is 197 Å². The normalized spacial score (nSPS) is 15.4. The van der Waals surface area contributed by atoms with Crippen LogP contribution in [0.5, 0.6) is 0 Å². The van der Waals surface area contributed by atoms with Crippen LogP contribution in [0.1, 0.15) is 30.0 Å². The highest BCUT2D eigenvalue weighted by molar-refractivity contribution is 6.35. The fraction of sp³-hybridized carbons (Fsp3) is 0.292. The van der Waals surface area contributed by atoms with E-state index >= 15 is 0 Å². The van der Waals surface area contributed by atoms with Crippen LogP contribution in [0.4, 0.5) is 13.2 Å². The number of rotatable bonds is 3. The molecule has 1 aliphatic heterocycles. The maximum absolute atomic E-state index is 13.6. The number of H-pyrrole nitrogens is 1. The van der Waals surface area contributed by atoms with Gasteiger partial charge in [-0.1, -0.05) is 23.7 Å². The van der Waals surface area contributed by atoms with Gasteiger partial charge in [-0.25, -0.2) is 4.79 Å². The summed E-state index contributed by atoms with van der Waals surface area (Å²) >= 11 is 6.24. The van der Waals surface area contributed by atoms with E-state index in [4.69, 9.17) is 11.6 Å². The first-order chi connectivity index (χ1) is 16.2. The Morgan fingerprint density at radius 3 is 2.65 bits per heavy atom. The summed E-state index contributed by atoms with van der Waals surface area (Å²) in [5, 5.41) is 1.33. The lowest BCUT2D eigenvalue weighted by Gasteiger charge is -2.33. The van der Waals surface area contributed by atoms with Crippen LogP contribution in [-0.4, -0.2) is 38.4 Å². The van der Waals surface area contributed by atoms with E-state index in [1.54, 1.807) is 17.2 Å². The molecule has 1 fully saturated rings. The molecule has 0 spiro atoms. The average molecular weight is 489 g/mol. The predicted octanol–water partition coefficient (Wildman–Crippen LogP) is 4.96. The van der Waals surface area contributed by atoms with Crippen molar-refractivity contribution in [1.82, 2.24) is 19.4 Å². The number of hydrogen-bond donors (Lipinski definition) is 1. The van der Waals surface area contributed by atoms with Crippen LogP contribution < -0.4 is 5.69 Å². The number of halogens is 4. The van der Waals surface area contributed by atoms with Crippen molar-refractivity contribution < 1.29 is 18.0 Å². The van der Waals surface area contributed by atoms with Crippen molar-refractivity contribution in [3.05, 3.63) is 75.3 Å². The van der Waals surface area contributed by atoms with E-state index < -0.39 is 23.5 Å². The Morgan fingerprint density at radius 1 is 1.15 bits per heavy atom. The Hall–Kier alpha value is -3.33. The highest BCUT2D eigenvalue weighted by Crippen LogP contribution is 2.36. The van der Waals surface area contributed by atoms with Gasteiger partial charge in [0.15, 0.2) is 0 Å². The molecule has 0 atom stereocenters. The van der Waals surface area contributed by atoms with E-state index in [2.05, 4.69) is 9.97 Å². The number of aromatic amines is 1. The van der Waals surface area contributed by atoms with Crippen molar-refractivity contribution in [3.63, 3.8) is 0 Å². The number of fused-ring (bicyclic) bond motifs is 2. The first kappa shape index (κ1) is 22.5. The largest absolute Gasteiger partial charge is 0.418 e. The van der Waals surface area contributed by atoms with Crippen molar-refractivity contribution in [2.75, 3.05) is 13.1 Å². The monoisotopic (exact) mass is 488 g/mol. The molecule has 34 heavy (non-hydrogen) atoms. The zero-order chi connectivity index (χ0) is 24.0. The third-order valence-corrected chi connectivity index (χ3v) is 6.66. The molecule has 6 nitrogen and oxygen atoms in total. The van der Waals surface area contributed by atoms with Gasteiger partial charge in [-0.2, -0.15) is 13.2 Å². The molecular weight excluding hydrogens is 469 g/mol. The number of benzene rings is 2. The summed E-state index contributed by atoms with van der Waals surface area (Å²) in [5.74, 6) is -0.0833. The van der Waals surface area contributed by atoms with E-state index in [-0.39, 0.29) is 23.4 Å². The fourth-order valence-corrected chi connectivity index (χ4v) is 4.90.